The van der Waals surface area contributed by atoms with Crippen molar-refractivity contribution in [3.05, 3.63) is 70.8 Å². The summed E-state index contributed by atoms with van der Waals surface area (Å²) >= 11 is 0. The molecule has 6 saturated heterocycles. The Balaban J connectivity index is 1.08. The van der Waals surface area contributed by atoms with Crippen molar-refractivity contribution < 1.29 is 28.7 Å². The molecule has 6 fully saturated rings. The molecule has 0 aliphatic carbocycles. The number of rotatable bonds is 10. The number of benzene rings is 2. The van der Waals surface area contributed by atoms with Crippen LogP contribution < -0.4 is 0 Å². The highest BCUT2D eigenvalue weighted by atomic mass is 33.1. The minimum absolute atomic E-state index is 0.0130. The number of amides is 4. The number of esters is 1. The first-order valence-electron chi connectivity index (χ1n) is 15.4. The van der Waals surface area contributed by atoms with Crippen LogP contribution in [0.1, 0.15) is 42.5 Å². The van der Waals surface area contributed by atoms with Crippen LogP contribution in [0.5, 0.6) is 0 Å². The molecule has 0 aromatic heterocycles. The zero-order valence-electron chi connectivity index (χ0n) is 27.2. The Morgan fingerprint density at radius 2 is 0.894 bits per heavy atom. The first-order valence-corrected chi connectivity index (χ1v) is 19.7. The van der Waals surface area contributed by atoms with E-state index < -0.39 is 25.5 Å². The van der Waals surface area contributed by atoms with Crippen LogP contribution in [0.4, 0.5) is 0 Å². The molecule has 8 rings (SSSR count). The van der Waals surface area contributed by atoms with Crippen molar-refractivity contribution >= 4 is 72.8 Å². The van der Waals surface area contributed by atoms with E-state index in [1.54, 1.807) is 38.0 Å². The van der Waals surface area contributed by atoms with Crippen LogP contribution in [0.2, 0.25) is 0 Å². The summed E-state index contributed by atoms with van der Waals surface area (Å²) < 4.78 is 5.18. The average molecular weight is 715 g/mol. The molecule has 10 nitrogen and oxygen atoms in total. The molecule has 0 N–H and O–H groups in total. The van der Waals surface area contributed by atoms with E-state index in [1.807, 2.05) is 19.1 Å². The topological polar surface area (TPSA) is 108 Å². The Morgan fingerprint density at radius 1 is 0.574 bits per heavy atom. The maximum atomic E-state index is 13.6. The molecule has 6 aliphatic rings. The number of hydrogen-bond acceptors (Lipinski definition) is 10. The number of likely N-dealkylation sites (N-methyl/N-ethyl adjacent to an activating group) is 4. The molecule has 4 atom stereocenters. The van der Waals surface area contributed by atoms with Crippen molar-refractivity contribution in [3.8, 4) is 0 Å². The van der Waals surface area contributed by atoms with Gasteiger partial charge in [0.25, 0.3) is 23.6 Å². The third kappa shape index (κ3) is 5.16. The standard InChI is InChI=1S/C33H38N4O6S4/c1-7-30-26(39)35(4)31(45-44-30,27(40)34(30)3)18-24-14-10-22(11-15-24)8-9-23-12-16-25(17-13-23)19-32-28(41)37(6)33(47-46-32,20-43-21(2)38)29(42)36(32)5/h10-17H,7-9,18-20H2,1-6H3/t30-,31-,32-,33-/m0/s1. The molecule has 0 spiro atoms. The van der Waals surface area contributed by atoms with Crippen LogP contribution in [0.3, 0.4) is 0 Å². The summed E-state index contributed by atoms with van der Waals surface area (Å²) in [5.74, 6) is -0.969. The van der Waals surface area contributed by atoms with Gasteiger partial charge in [0.1, 0.15) is 6.61 Å². The summed E-state index contributed by atoms with van der Waals surface area (Å²) in [6.07, 6.45) is 3.03. The Bertz CT molecular complexity index is 1640. The smallest absolute Gasteiger partial charge is 0.302 e. The van der Waals surface area contributed by atoms with E-state index in [0.29, 0.717) is 19.3 Å². The lowest BCUT2D eigenvalue weighted by Gasteiger charge is -2.59. The summed E-state index contributed by atoms with van der Waals surface area (Å²) in [6.45, 7) is 3.04. The van der Waals surface area contributed by atoms with Gasteiger partial charge in [0.15, 0.2) is 14.6 Å². The quantitative estimate of drug-likeness (QED) is 0.265. The van der Waals surface area contributed by atoms with Gasteiger partial charge in [-0.1, -0.05) is 87.8 Å². The maximum absolute atomic E-state index is 13.6. The van der Waals surface area contributed by atoms with Gasteiger partial charge in [0.05, 0.1) is 0 Å². The summed E-state index contributed by atoms with van der Waals surface area (Å²) in [7, 11) is 12.4. The highest BCUT2D eigenvalue weighted by Gasteiger charge is 2.68. The highest BCUT2D eigenvalue weighted by Crippen LogP contribution is 2.61. The number of hydrogen-bond donors (Lipinski definition) is 0. The molecule has 4 bridgehead atoms. The van der Waals surface area contributed by atoms with E-state index in [4.69, 9.17) is 4.74 Å². The van der Waals surface area contributed by atoms with Gasteiger partial charge >= 0.3 is 5.97 Å². The van der Waals surface area contributed by atoms with Gasteiger partial charge in [-0.3, -0.25) is 24.0 Å². The molecule has 250 valence electrons. The lowest BCUT2D eigenvalue weighted by atomic mass is 9.95. The highest BCUT2D eigenvalue weighted by molar-refractivity contribution is 8.78. The van der Waals surface area contributed by atoms with E-state index in [1.165, 1.54) is 65.5 Å². The minimum Gasteiger partial charge on any atom is -0.462 e. The normalized spacial score (nSPS) is 30.1. The van der Waals surface area contributed by atoms with Gasteiger partial charge in [-0.15, -0.1) is 0 Å². The van der Waals surface area contributed by atoms with Crippen molar-refractivity contribution in [2.75, 3.05) is 34.8 Å². The SMILES string of the molecule is CC[C@@]12SS[C@@](Cc3ccc(CCc4ccc(C[C@@]56SS[C@@](COC(C)=O)(C(=O)N5C)N(C)C6=O)cc4)cc3)(C(=O)N1C)N(C)C2=O. The number of piperazine rings is 2. The van der Waals surface area contributed by atoms with Gasteiger partial charge in [-0.25, -0.2) is 0 Å². The fourth-order valence-electron chi connectivity index (χ4n) is 6.69. The summed E-state index contributed by atoms with van der Waals surface area (Å²) in [5, 5.41) is 0. The van der Waals surface area contributed by atoms with Crippen LogP contribution in [0, 0.1) is 0 Å². The van der Waals surface area contributed by atoms with Gasteiger partial charge in [-0.2, -0.15) is 0 Å². The molecule has 0 unspecified atom stereocenters. The van der Waals surface area contributed by atoms with Crippen LogP contribution in [-0.2, 0) is 54.4 Å². The second kappa shape index (κ2) is 12.3. The van der Waals surface area contributed by atoms with Gasteiger partial charge in [-0.05, 0) is 52.3 Å². The predicted octanol–water partition coefficient (Wildman–Crippen LogP) is 3.97. The van der Waals surface area contributed by atoms with E-state index >= 15 is 0 Å². The van der Waals surface area contributed by atoms with E-state index in [0.717, 1.165) is 29.5 Å². The van der Waals surface area contributed by atoms with E-state index in [2.05, 4.69) is 36.4 Å². The molecule has 0 radical (unpaired) electrons. The van der Waals surface area contributed by atoms with E-state index in [9.17, 15) is 24.0 Å². The van der Waals surface area contributed by atoms with Crippen molar-refractivity contribution in [2.24, 2.45) is 0 Å². The molecule has 6 heterocycles. The molecular weight excluding hydrogens is 677 g/mol. The lowest BCUT2D eigenvalue weighted by Crippen LogP contribution is -2.77. The zero-order chi connectivity index (χ0) is 33.9. The average Bonchev–Trinajstić information content (AvgIpc) is 3.07. The van der Waals surface area contributed by atoms with Crippen molar-refractivity contribution in [1.82, 2.24) is 19.6 Å². The molecule has 2 aromatic carbocycles. The molecule has 6 aliphatic heterocycles. The molecule has 14 heteroatoms. The number of carbonyl (C=O) groups excluding carboxylic acids is 5. The van der Waals surface area contributed by atoms with Crippen LogP contribution in [0.15, 0.2) is 48.5 Å². The number of nitrogens with zero attached hydrogens (tertiary/aromatic N) is 4. The maximum Gasteiger partial charge on any atom is 0.302 e. The van der Waals surface area contributed by atoms with Crippen molar-refractivity contribution in [3.63, 3.8) is 0 Å². The lowest BCUT2D eigenvalue weighted by molar-refractivity contribution is -0.168. The van der Waals surface area contributed by atoms with Gasteiger partial charge in [0.2, 0.25) is 4.87 Å². The second-order valence-corrected chi connectivity index (χ2v) is 17.9. The molecule has 47 heavy (non-hydrogen) atoms. The summed E-state index contributed by atoms with van der Waals surface area (Å²) in [4.78, 5) is 67.4. The predicted molar refractivity (Wildman–Crippen MR) is 187 cm³/mol. The Morgan fingerprint density at radius 3 is 1.32 bits per heavy atom. The Labute approximate surface area is 290 Å². The number of ether oxygens (including phenoxy) is 1. The molecule has 4 amide bonds. The number of carbonyl (C=O) groups is 5. The van der Waals surface area contributed by atoms with Crippen molar-refractivity contribution in [1.29, 1.82) is 0 Å². The molecular formula is C33H38N4O6S4. The number of fused-ring (bicyclic) bond motifs is 6. The van der Waals surface area contributed by atoms with E-state index in [-0.39, 0.29) is 30.2 Å². The first-order chi connectivity index (χ1) is 22.3. The molecule has 0 saturated carbocycles. The van der Waals surface area contributed by atoms with Gasteiger partial charge < -0.3 is 24.3 Å². The molecule has 2 aromatic rings. The monoisotopic (exact) mass is 714 g/mol. The Hall–Kier alpha value is -2.81. The minimum atomic E-state index is -1.26. The second-order valence-electron chi connectivity index (χ2n) is 12.5. The van der Waals surface area contributed by atoms with Crippen LogP contribution in [-0.4, -0.2) is 103 Å². The largest absolute Gasteiger partial charge is 0.462 e. The fourth-order valence-corrected chi connectivity index (χ4v) is 14.2. The fraction of sp³-hybridized carbons (Fsp3) is 0.485. The summed E-state index contributed by atoms with van der Waals surface area (Å²) in [6, 6.07) is 16.4. The van der Waals surface area contributed by atoms with Gasteiger partial charge in [0, 0.05) is 48.0 Å². The Kier molecular flexibility index (Phi) is 8.89. The third-order valence-corrected chi connectivity index (χ3v) is 17.5. The third-order valence-electron chi connectivity index (χ3n) is 9.94. The summed E-state index contributed by atoms with van der Waals surface area (Å²) in [5.41, 5.74) is 4.28. The number of aryl methyl sites for hydroxylation is 2. The van der Waals surface area contributed by atoms with Crippen LogP contribution >= 0.6 is 43.2 Å². The first kappa shape index (κ1) is 34.1. The van der Waals surface area contributed by atoms with Crippen LogP contribution in [0.25, 0.3) is 0 Å². The van der Waals surface area contributed by atoms with Crippen molar-refractivity contribution in [2.45, 2.75) is 65.4 Å². The zero-order valence-corrected chi connectivity index (χ0v) is 30.5.